The summed E-state index contributed by atoms with van der Waals surface area (Å²) in [4.78, 5) is 11.8. The van der Waals surface area contributed by atoms with E-state index < -0.39 is 5.54 Å². The van der Waals surface area contributed by atoms with Gasteiger partial charge in [-0.1, -0.05) is 18.2 Å². The Morgan fingerprint density at radius 2 is 1.94 bits per heavy atom. The van der Waals surface area contributed by atoms with Gasteiger partial charge in [0.05, 0.1) is 19.3 Å². The first-order chi connectivity index (χ1) is 8.51. The summed E-state index contributed by atoms with van der Waals surface area (Å²) in [5.74, 6) is 0.738. The Morgan fingerprint density at radius 1 is 1.28 bits per heavy atom. The second kappa shape index (κ2) is 6.40. The van der Waals surface area contributed by atoms with Gasteiger partial charge in [-0.25, -0.2) is 0 Å². The summed E-state index contributed by atoms with van der Waals surface area (Å²) in [6.07, 6.45) is 0.356. The number of carbonyl (C=O) groups excluding carboxylic acids is 1. The average Bonchev–Trinajstić information content (AvgIpc) is 2.35. The minimum absolute atomic E-state index is 0.0345. The highest BCUT2D eigenvalue weighted by Crippen LogP contribution is 2.29. The smallest absolute Gasteiger partial charge is 0.222 e. The van der Waals surface area contributed by atoms with Gasteiger partial charge in [-0.05, 0) is 19.9 Å². The third-order valence-electron chi connectivity index (χ3n) is 2.77. The first-order valence-corrected chi connectivity index (χ1v) is 5.94. The van der Waals surface area contributed by atoms with Crippen LogP contribution in [0.15, 0.2) is 24.3 Å². The molecule has 100 valence electrons. The standard InChI is InChI=1S/C14H21NO3/c1-14(2,15-13(16)9-10-17-3)11-7-5-6-8-12(11)18-4/h5-8H,9-10H2,1-4H3,(H,15,16). The number of benzene rings is 1. The number of hydrogen-bond acceptors (Lipinski definition) is 3. The Hall–Kier alpha value is -1.55. The highest BCUT2D eigenvalue weighted by atomic mass is 16.5. The molecule has 0 radical (unpaired) electrons. The van der Waals surface area contributed by atoms with Crippen molar-refractivity contribution in [2.24, 2.45) is 0 Å². The van der Waals surface area contributed by atoms with Crippen LogP contribution >= 0.6 is 0 Å². The highest BCUT2D eigenvalue weighted by Gasteiger charge is 2.25. The molecule has 0 saturated heterocycles. The zero-order valence-corrected chi connectivity index (χ0v) is 11.4. The Bertz CT molecular complexity index is 402. The summed E-state index contributed by atoms with van der Waals surface area (Å²) in [6.45, 7) is 4.33. The van der Waals surface area contributed by atoms with Crippen molar-refractivity contribution in [3.63, 3.8) is 0 Å². The Morgan fingerprint density at radius 3 is 2.56 bits per heavy atom. The topological polar surface area (TPSA) is 47.6 Å². The SMILES string of the molecule is COCCC(=O)NC(C)(C)c1ccccc1OC. The number of ether oxygens (including phenoxy) is 2. The van der Waals surface area contributed by atoms with Gasteiger partial charge in [0.2, 0.25) is 5.91 Å². The van der Waals surface area contributed by atoms with E-state index >= 15 is 0 Å². The van der Waals surface area contributed by atoms with E-state index in [0.717, 1.165) is 11.3 Å². The predicted octanol–water partition coefficient (Wildman–Crippen LogP) is 2.08. The lowest BCUT2D eigenvalue weighted by atomic mass is 9.93. The van der Waals surface area contributed by atoms with Gasteiger partial charge < -0.3 is 14.8 Å². The van der Waals surface area contributed by atoms with Crippen LogP contribution in [-0.4, -0.2) is 26.7 Å². The molecule has 0 aromatic heterocycles. The zero-order chi connectivity index (χ0) is 13.6. The summed E-state index contributed by atoms with van der Waals surface area (Å²) < 4.78 is 10.2. The van der Waals surface area contributed by atoms with Gasteiger partial charge in [0.25, 0.3) is 0 Å². The summed E-state index contributed by atoms with van der Waals surface area (Å²) in [7, 11) is 3.21. The fourth-order valence-electron chi connectivity index (χ4n) is 1.83. The van der Waals surface area contributed by atoms with E-state index in [4.69, 9.17) is 9.47 Å². The van der Waals surface area contributed by atoms with Crippen LogP contribution in [-0.2, 0) is 15.1 Å². The number of hydrogen-bond donors (Lipinski definition) is 1. The van der Waals surface area contributed by atoms with E-state index in [1.54, 1.807) is 14.2 Å². The highest BCUT2D eigenvalue weighted by molar-refractivity contribution is 5.77. The van der Waals surface area contributed by atoms with Gasteiger partial charge in [0.15, 0.2) is 0 Å². The normalized spacial score (nSPS) is 11.1. The summed E-state index contributed by atoms with van der Waals surface area (Å²) in [5, 5.41) is 2.98. The molecule has 4 nitrogen and oxygen atoms in total. The van der Waals surface area contributed by atoms with Crippen LogP contribution in [0.2, 0.25) is 0 Å². The number of rotatable bonds is 6. The number of para-hydroxylation sites is 1. The quantitative estimate of drug-likeness (QED) is 0.842. The van der Waals surface area contributed by atoms with Crippen LogP contribution < -0.4 is 10.1 Å². The molecule has 4 heteroatoms. The van der Waals surface area contributed by atoms with Crippen LogP contribution in [0.5, 0.6) is 5.75 Å². The number of methoxy groups -OCH3 is 2. The number of carbonyl (C=O) groups is 1. The molecule has 0 aliphatic heterocycles. The molecule has 0 unspecified atom stereocenters. The lowest BCUT2D eigenvalue weighted by Crippen LogP contribution is -2.41. The van der Waals surface area contributed by atoms with E-state index in [9.17, 15) is 4.79 Å². The van der Waals surface area contributed by atoms with Crippen LogP contribution in [0.25, 0.3) is 0 Å². The fraction of sp³-hybridized carbons (Fsp3) is 0.500. The van der Waals surface area contributed by atoms with Crippen molar-refractivity contribution in [1.29, 1.82) is 0 Å². The third kappa shape index (κ3) is 3.74. The van der Waals surface area contributed by atoms with Gasteiger partial charge in [0.1, 0.15) is 5.75 Å². The van der Waals surface area contributed by atoms with Gasteiger partial charge in [-0.2, -0.15) is 0 Å². The molecule has 1 N–H and O–H groups in total. The van der Waals surface area contributed by atoms with Gasteiger partial charge in [-0.3, -0.25) is 4.79 Å². The monoisotopic (exact) mass is 251 g/mol. The molecular weight excluding hydrogens is 230 g/mol. The maximum absolute atomic E-state index is 11.8. The first kappa shape index (κ1) is 14.5. The molecule has 0 atom stereocenters. The average molecular weight is 251 g/mol. The van der Waals surface area contributed by atoms with E-state index in [-0.39, 0.29) is 5.91 Å². The molecule has 0 bridgehead atoms. The zero-order valence-electron chi connectivity index (χ0n) is 11.4. The number of nitrogens with one attached hydrogen (secondary N) is 1. The molecule has 1 aromatic carbocycles. The van der Waals surface area contributed by atoms with E-state index in [2.05, 4.69) is 5.32 Å². The van der Waals surface area contributed by atoms with Crippen LogP contribution in [0, 0.1) is 0 Å². The molecule has 0 saturated carbocycles. The molecule has 18 heavy (non-hydrogen) atoms. The largest absolute Gasteiger partial charge is 0.496 e. The summed E-state index contributed by atoms with van der Waals surface area (Å²) >= 11 is 0. The maximum Gasteiger partial charge on any atom is 0.222 e. The van der Waals surface area contributed by atoms with Crippen LogP contribution in [0.3, 0.4) is 0 Å². The molecule has 0 spiro atoms. The maximum atomic E-state index is 11.8. The number of amides is 1. The van der Waals surface area contributed by atoms with E-state index in [1.807, 2.05) is 38.1 Å². The predicted molar refractivity (Wildman–Crippen MR) is 70.7 cm³/mol. The molecule has 1 amide bonds. The molecule has 0 heterocycles. The van der Waals surface area contributed by atoms with Crippen molar-refractivity contribution in [1.82, 2.24) is 5.32 Å². The van der Waals surface area contributed by atoms with E-state index in [1.165, 1.54) is 0 Å². The molecule has 1 rings (SSSR count). The summed E-state index contributed by atoms with van der Waals surface area (Å²) in [5.41, 5.74) is 0.482. The third-order valence-corrected chi connectivity index (χ3v) is 2.77. The Kier molecular flexibility index (Phi) is 5.16. The molecule has 0 aliphatic carbocycles. The Labute approximate surface area is 108 Å². The molecule has 0 fully saturated rings. The van der Waals surface area contributed by atoms with Crippen molar-refractivity contribution >= 4 is 5.91 Å². The first-order valence-electron chi connectivity index (χ1n) is 5.94. The van der Waals surface area contributed by atoms with Crippen LogP contribution in [0.4, 0.5) is 0 Å². The van der Waals surface area contributed by atoms with Crippen molar-refractivity contribution in [2.75, 3.05) is 20.8 Å². The van der Waals surface area contributed by atoms with Gasteiger partial charge in [-0.15, -0.1) is 0 Å². The van der Waals surface area contributed by atoms with E-state index in [0.29, 0.717) is 13.0 Å². The minimum atomic E-state index is -0.475. The van der Waals surface area contributed by atoms with Crippen LogP contribution in [0.1, 0.15) is 25.8 Å². The van der Waals surface area contributed by atoms with Crippen molar-refractivity contribution in [2.45, 2.75) is 25.8 Å². The molecular formula is C14H21NO3. The van der Waals surface area contributed by atoms with Crippen molar-refractivity contribution in [3.05, 3.63) is 29.8 Å². The Balaban J connectivity index is 2.82. The second-order valence-corrected chi connectivity index (χ2v) is 4.62. The lowest BCUT2D eigenvalue weighted by Gasteiger charge is -2.28. The lowest BCUT2D eigenvalue weighted by molar-refractivity contribution is -0.123. The molecule has 1 aromatic rings. The molecule has 0 aliphatic rings. The minimum Gasteiger partial charge on any atom is -0.496 e. The van der Waals surface area contributed by atoms with Crippen molar-refractivity contribution in [3.8, 4) is 5.75 Å². The second-order valence-electron chi connectivity index (χ2n) is 4.62. The summed E-state index contributed by atoms with van der Waals surface area (Å²) in [6, 6.07) is 7.68. The fourth-order valence-corrected chi connectivity index (χ4v) is 1.83. The van der Waals surface area contributed by atoms with Crippen molar-refractivity contribution < 1.29 is 14.3 Å². The van der Waals surface area contributed by atoms with Gasteiger partial charge >= 0.3 is 0 Å². The van der Waals surface area contributed by atoms with Gasteiger partial charge in [0, 0.05) is 19.1 Å².